The molecule has 2 aromatic carbocycles. The van der Waals surface area contributed by atoms with Crippen LogP contribution in [0.25, 0.3) is 11.0 Å². The highest BCUT2D eigenvalue weighted by Gasteiger charge is 2.54. The average molecular weight is 665 g/mol. The van der Waals surface area contributed by atoms with Crippen LogP contribution in [0.1, 0.15) is 32.8 Å². The zero-order valence-electron chi connectivity index (χ0n) is 25.5. The number of aryl methyl sites for hydroxylation is 1. The minimum Gasteiger partial charge on any atom is -0.494 e. The van der Waals surface area contributed by atoms with Crippen LogP contribution in [0.5, 0.6) is 5.75 Å². The lowest BCUT2D eigenvalue weighted by atomic mass is 9.76. The summed E-state index contributed by atoms with van der Waals surface area (Å²) in [5, 5.41) is 6.91. The number of ether oxygens (including phenoxy) is 1. The van der Waals surface area contributed by atoms with E-state index in [1.165, 1.54) is 24.2 Å². The van der Waals surface area contributed by atoms with Gasteiger partial charge in [-0.2, -0.15) is 4.98 Å². The van der Waals surface area contributed by atoms with Crippen molar-refractivity contribution in [1.82, 2.24) is 24.8 Å². The van der Waals surface area contributed by atoms with Gasteiger partial charge in [0, 0.05) is 69.3 Å². The molecule has 0 atom stereocenters. The number of fused-ring (bicyclic) bond motifs is 1. The van der Waals surface area contributed by atoms with Gasteiger partial charge in [0.25, 0.3) is 0 Å². The van der Waals surface area contributed by atoms with E-state index in [4.69, 9.17) is 9.72 Å². The third-order valence-electron chi connectivity index (χ3n) is 8.59. The Kier molecular flexibility index (Phi) is 8.27. The van der Waals surface area contributed by atoms with E-state index in [0.29, 0.717) is 23.3 Å². The van der Waals surface area contributed by atoms with Crippen LogP contribution >= 0.6 is 27.9 Å². The number of hydrogen-bond acceptors (Lipinski definition) is 11. The zero-order valence-corrected chi connectivity index (χ0v) is 27.9. The summed E-state index contributed by atoms with van der Waals surface area (Å²) in [6.07, 6.45) is 9.38. The van der Waals surface area contributed by atoms with Crippen LogP contribution < -0.4 is 24.6 Å². The number of hydrogen-bond donors (Lipinski definition) is 2. The standard InChI is InChI=1S/C31H38BrN9OS/c1-7-20-14-24(26(42-5)15-25(20)40-17-31(18-40)10-13-41(31)19(2)3)37-30-35-16-21(32)29(38-30)36-23-9-8-22-27(34-12-11-33-22)28(23)39(4)43-6/h8-9,11-12,14-16,19H,7,10,13,17-18H2,1-6H3,(H2,35,36,37,38). The fraction of sp³-hybridized carbons (Fsp3) is 0.419. The molecule has 226 valence electrons. The van der Waals surface area contributed by atoms with Gasteiger partial charge in [0.1, 0.15) is 17.1 Å². The summed E-state index contributed by atoms with van der Waals surface area (Å²) in [6.45, 7) is 10.1. The van der Waals surface area contributed by atoms with E-state index in [0.717, 1.165) is 57.8 Å². The molecule has 43 heavy (non-hydrogen) atoms. The quantitative estimate of drug-likeness (QED) is 0.179. The van der Waals surface area contributed by atoms with Gasteiger partial charge in [0.05, 0.1) is 39.7 Å². The van der Waals surface area contributed by atoms with Gasteiger partial charge in [-0.25, -0.2) is 4.98 Å². The smallest absolute Gasteiger partial charge is 0.229 e. The second-order valence-electron chi connectivity index (χ2n) is 11.4. The molecule has 6 rings (SSSR count). The Morgan fingerprint density at radius 1 is 1.12 bits per heavy atom. The van der Waals surface area contributed by atoms with E-state index in [1.54, 1.807) is 37.6 Å². The van der Waals surface area contributed by atoms with Gasteiger partial charge in [0.15, 0.2) is 0 Å². The molecule has 12 heteroatoms. The summed E-state index contributed by atoms with van der Waals surface area (Å²) < 4.78 is 8.68. The van der Waals surface area contributed by atoms with Crippen molar-refractivity contribution in [2.45, 2.75) is 45.2 Å². The molecule has 0 amide bonds. The van der Waals surface area contributed by atoms with E-state index in [2.05, 4.69) is 88.5 Å². The molecule has 0 aliphatic carbocycles. The SMILES string of the molecule is CCc1cc(Nc2ncc(Br)c(Nc3ccc4nccnc4c3N(C)SC)n2)c(OC)cc1N1CC2(CCN2C(C)C)C1. The van der Waals surface area contributed by atoms with Crippen LogP contribution in [-0.2, 0) is 6.42 Å². The lowest BCUT2D eigenvalue weighted by Crippen LogP contribution is -2.78. The van der Waals surface area contributed by atoms with Crippen molar-refractivity contribution in [3.8, 4) is 5.75 Å². The Balaban J connectivity index is 1.27. The van der Waals surface area contributed by atoms with Crippen LogP contribution in [0.3, 0.4) is 0 Å². The Hall–Kier alpha value is -3.35. The first-order valence-electron chi connectivity index (χ1n) is 14.6. The maximum Gasteiger partial charge on any atom is 0.229 e. The number of nitrogens with one attached hydrogen (secondary N) is 2. The van der Waals surface area contributed by atoms with Crippen LogP contribution in [0.15, 0.2) is 47.3 Å². The summed E-state index contributed by atoms with van der Waals surface area (Å²) in [7, 11) is 3.72. The molecule has 2 N–H and O–H groups in total. The fourth-order valence-corrected chi connectivity index (χ4v) is 6.95. The minimum absolute atomic E-state index is 0.333. The second-order valence-corrected chi connectivity index (χ2v) is 13.1. The van der Waals surface area contributed by atoms with Gasteiger partial charge in [0.2, 0.25) is 5.95 Å². The third kappa shape index (κ3) is 5.44. The topological polar surface area (TPSA) is 94.6 Å². The second kappa shape index (κ2) is 12.0. The summed E-state index contributed by atoms with van der Waals surface area (Å²) >= 11 is 5.23. The van der Waals surface area contributed by atoms with Gasteiger partial charge < -0.3 is 24.6 Å². The number of nitrogens with zero attached hydrogens (tertiary/aromatic N) is 7. The Morgan fingerprint density at radius 3 is 2.58 bits per heavy atom. The summed E-state index contributed by atoms with van der Waals surface area (Å²) in [6, 6.07) is 8.87. The molecule has 4 aromatic rings. The largest absolute Gasteiger partial charge is 0.494 e. The van der Waals surface area contributed by atoms with Crippen LogP contribution in [0, 0.1) is 0 Å². The molecule has 0 saturated carbocycles. The molecule has 4 heterocycles. The van der Waals surface area contributed by atoms with Crippen LogP contribution in [0.4, 0.5) is 34.5 Å². The summed E-state index contributed by atoms with van der Waals surface area (Å²) in [4.78, 5) is 23.6. The lowest BCUT2D eigenvalue weighted by Gasteiger charge is -2.65. The number of aromatic nitrogens is 4. The van der Waals surface area contributed by atoms with E-state index in [-0.39, 0.29) is 0 Å². The van der Waals surface area contributed by atoms with E-state index in [1.807, 2.05) is 25.4 Å². The van der Waals surface area contributed by atoms with Crippen molar-refractivity contribution in [3.05, 3.63) is 52.9 Å². The number of halogens is 1. The first kappa shape index (κ1) is 29.7. The highest BCUT2D eigenvalue weighted by Crippen LogP contribution is 2.45. The van der Waals surface area contributed by atoms with Crippen LogP contribution in [0.2, 0.25) is 0 Å². The van der Waals surface area contributed by atoms with Gasteiger partial charge in [-0.05, 0) is 66.4 Å². The van der Waals surface area contributed by atoms with Gasteiger partial charge in [-0.15, -0.1) is 0 Å². The van der Waals surface area contributed by atoms with Crippen LogP contribution in [-0.4, -0.2) is 76.5 Å². The average Bonchev–Trinajstić information content (AvgIpc) is 2.97. The lowest BCUT2D eigenvalue weighted by molar-refractivity contribution is -0.0590. The molecule has 2 aliphatic rings. The highest BCUT2D eigenvalue weighted by atomic mass is 79.9. The Bertz CT molecular complexity index is 1650. The molecule has 0 unspecified atom stereocenters. The van der Waals surface area contributed by atoms with E-state index >= 15 is 0 Å². The number of rotatable bonds is 10. The molecule has 2 fully saturated rings. The maximum absolute atomic E-state index is 5.87. The molecule has 0 radical (unpaired) electrons. The van der Waals surface area contributed by atoms with Crippen molar-refractivity contribution in [2.24, 2.45) is 0 Å². The first-order chi connectivity index (χ1) is 20.8. The fourth-order valence-electron chi connectivity index (χ4n) is 6.29. The molecule has 2 aliphatic heterocycles. The van der Waals surface area contributed by atoms with Crippen molar-refractivity contribution in [2.75, 3.05) is 59.9 Å². The molecule has 2 saturated heterocycles. The number of likely N-dealkylation sites (tertiary alicyclic amines) is 1. The predicted octanol–water partition coefficient (Wildman–Crippen LogP) is 6.63. The zero-order chi connectivity index (χ0) is 30.3. The monoisotopic (exact) mass is 663 g/mol. The third-order valence-corrected chi connectivity index (χ3v) is 9.90. The number of methoxy groups -OCH3 is 1. The van der Waals surface area contributed by atoms with Crippen molar-refractivity contribution >= 4 is 73.4 Å². The molecule has 10 nitrogen and oxygen atoms in total. The highest BCUT2D eigenvalue weighted by molar-refractivity contribution is 9.10. The Labute approximate surface area is 265 Å². The number of benzene rings is 2. The van der Waals surface area contributed by atoms with Gasteiger partial charge in [-0.3, -0.25) is 14.9 Å². The summed E-state index contributed by atoms with van der Waals surface area (Å²) in [5.41, 5.74) is 7.11. The molecule has 2 aromatic heterocycles. The molecule has 1 spiro atoms. The minimum atomic E-state index is 0.333. The molecular formula is C31H38BrN9OS. The maximum atomic E-state index is 5.87. The molecular weight excluding hydrogens is 626 g/mol. The van der Waals surface area contributed by atoms with Crippen molar-refractivity contribution in [1.29, 1.82) is 0 Å². The predicted molar refractivity (Wildman–Crippen MR) is 182 cm³/mol. The van der Waals surface area contributed by atoms with Gasteiger partial charge in [-0.1, -0.05) is 18.9 Å². The summed E-state index contributed by atoms with van der Waals surface area (Å²) in [5.74, 6) is 1.86. The Morgan fingerprint density at radius 2 is 1.91 bits per heavy atom. The van der Waals surface area contributed by atoms with E-state index < -0.39 is 0 Å². The van der Waals surface area contributed by atoms with Crippen molar-refractivity contribution < 1.29 is 4.74 Å². The normalized spacial score (nSPS) is 15.9. The van der Waals surface area contributed by atoms with Gasteiger partial charge >= 0.3 is 0 Å². The van der Waals surface area contributed by atoms with E-state index in [9.17, 15) is 0 Å². The molecule has 0 bridgehead atoms. The van der Waals surface area contributed by atoms with Crippen molar-refractivity contribution in [3.63, 3.8) is 0 Å². The number of anilines is 6. The first-order valence-corrected chi connectivity index (χ1v) is 16.5.